The van der Waals surface area contributed by atoms with Crippen molar-refractivity contribution in [3.8, 4) is 0 Å². The van der Waals surface area contributed by atoms with Gasteiger partial charge >= 0.3 is 5.97 Å². The van der Waals surface area contributed by atoms with Gasteiger partial charge < -0.3 is 9.84 Å². The van der Waals surface area contributed by atoms with Gasteiger partial charge in [0, 0.05) is 12.3 Å². The minimum absolute atomic E-state index is 0.0618. The maximum absolute atomic E-state index is 11.5. The molecule has 136 valence electrons. The molecule has 0 aromatic rings. The van der Waals surface area contributed by atoms with Gasteiger partial charge in [-0.15, -0.1) is 0 Å². The van der Waals surface area contributed by atoms with Gasteiger partial charge in [0.05, 0.1) is 6.10 Å². The summed E-state index contributed by atoms with van der Waals surface area (Å²) in [6.45, 7) is 6.48. The van der Waals surface area contributed by atoms with Crippen LogP contribution < -0.4 is 0 Å². The van der Waals surface area contributed by atoms with E-state index in [9.17, 15) is 9.90 Å². The smallest absolute Gasteiger partial charge is 0.302 e. The second kappa shape index (κ2) is 5.72. The molecule has 3 nitrogen and oxygen atoms in total. The van der Waals surface area contributed by atoms with Gasteiger partial charge in [-0.1, -0.05) is 13.8 Å². The molecule has 0 saturated heterocycles. The highest BCUT2D eigenvalue weighted by atomic mass is 16.5. The lowest BCUT2D eigenvalue weighted by molar-refractivity contribution is -0.163. The first-order valence-electron chi connectivity index (χ1n) is 10.2. The number of fused-ring (bicyclic) bond motifs is 5. The number of esters is 1. The predicted molar refractivity (Wildman–Crippen MR) is 93.3 cm³/mol. The predicted octanol–water partition coefficient (Wildman–Crippen LogP) is 4.32. The summed E-state index contributed by atoms with van der Waals surface area (Å²) >= 11 is 0. The highest BCUT2D eigenvalue weighted by molar-refractivity contribution is 5.66. The summed E-state index contributed by atoms with van der Waals surface area (Å²) < 4.78 is 5.74. The van der Waals surface area contributed by atoms with Crippen molar-refractivity contribution < 1.29 is 14.6 Å². The molecule has 8 atom stereocenters. The Labute approximate surface area is 146 Å². The Hall–Kier alpha value is -0.570. The zero-order valence-electron chi connectivity index (χ0n) is 15.6. The van der Waals surface area contributed by atoms with Crippen LogP contribution in [0.3, 0.4) is 0 Å². The van der Waals surface area contributed by atoms with E-state index in [1.54, 1.807) is 6.92 Å². The molecule has 0 unspecified atom stereocenters. The van der Waals surface area contributed by atoms with Gasteiger partial charge in [-0.25, -0.2) is 0 Å². The second-order valence-electron chi connectivity index (χ2n) is 9.81. The van der Waals surface area contributed by atoms with Gasteiger partial charge in [0.2, 0.25) is 0 Å². The number of carbonyl (C=O) groups excluding carboxylic acids is 1. The van der Waals surface area contributed by atoms with Gasteiger partial charge in [-0.2, -0.15) is 0 Å². The highest BCUT2D eigenvalue weighted by Gasteiger charge is 2.60. The van der Waals surface area contributed by atoms with E-state index < -0.39 is 0 Å². The van der Waals surface area contributed by atoms with Crippen LogP contribution in [-0.2, 0) is 9.53 Å². The van der Waals surface area contributed by atoms with E-state index in [-0.39, 0.29) is 23.6 Å². The first kappa shape index (κ1) is 16.9. The zero-order valence-corrected chi connectivity index (χ0v) is 15.6. The Morgan fingerprint density at radius 1 is 0.958 bits per heavy atom. The minimum Gasteiger partial charge on any atom is -0.462 e. The topological polar surface area (TPSA) is 46.5 Å². The molecule has 0 aliphatic heterocycles. The fourth-order valence-corrected chi connectivity index (χ4v) is 7.58. The Kier molecular flexibility index (Phi) is 4.02. The number of carbonyl (C=O) groups is 1. The van der Waals surface area contributed by atoms with Crippen molar-refractivity contribution in [2.75, 3.05) is 0 Å². The number of rotatable bonds is 1. The van der Waals surface area contributed by atoms with Gasteiger partial charge in [-0.3, -0.25) is 4.79 Å². The van der Waals surface area contributed by atoms with Crippen LogP contribution >= 0.6 is 0 Å². The minimum atomic E-state index is -0.110. The van der Waals surface area contributed by atoms with Gasteiger partial charge in [0.1, 0.15) is 6.10 Å². The van der Waals surface area contributed by atoms with Crippen LogP contribution in [0.2, 0.25) is 0 Å². The lowest BCUT2D eigenvalue weighted by Gasteiger charge is -2.60. The lowest BCUT2D eigenvalue weighted by atomic mass is 9.45. The summed E-state index contributed by atoms with van der Waals surface area (Å²) in [4.78, 5) is 11.5. The summed E-state index contributed by atoms with van der Waals surface area (Å²) in [5.74, 6) is 2.96. The fraction of sp³-hybridized carbons (Fsp3) is 0.952. The SMILES string of the molecule is CC(=O)O[C@H]1CC[C@H]2[C@@H]3CC[C@@H]4C[C@H](O)CC[C@]4(C)[C@H]3CC[C@]12C. The number of hydrogen-bond donors (Lipinski definition) is 1. The van der Waals surface area contributed by atoms with E-state index >= 15 is 0 Å². The molecule has 0 aromatic carbocycles. The van der Waals surface area contributed by atoms with Gasteiger partial charge in [0.25, 0.3) is 0 Å². The van der Waals surface area contributed by atoms with Gasteiger partial charge in [-0.05, 0) is 86.9 Å². The first-order chi connectivity index (χ1) is 11.3. The summed E-state index contributed by atoms with van der Waals surface area (Å²) in [7, 11) is 0. The number of aliphatic hydroxyl groups excluding tert-OH is 1. The molecule has 3 heteroatoms. The molecule has 0 spiro atoms. The molecule has 4 aliphatic rings. The number of ether oxygens (including phenoxy) is 1. The summed E-state index contributed by atoms with van der Waals surface area (Å²) in [6, 6.07) is 0. The maximum Gasteiger partial charge on any atom is 0.302 e. The fourth-order valence-electron chi connectivity index (χ4n) is 7.58. The summed E-state index contributed by atoms with van der Waals surface area (Å²) in [5, 5.41) is 10.1. The molecule has 4 rings (SSSR count). The lowest BCUT2D eigenvalue weighted by Crippen LogP contribution is -2.54. The summed E-state index contributed by atoms with van der Waals surface area (Å²) in [5.41, 5.74) is 0.632. The van der Waals surface area contributed by atoms with Gasteiger partial charge in [0.15, 0.2) is 0 Å². The largest absolute Gasteiger partial charge is 0.462 e. The van der Waals surface area contributed by atoms with E-state index in [1.807, 2.05) is 0 Å². The molecule has 0 bridgehead atoms. The van der Waals surface area contributed by atoms with Crippen molar-refractivity contribution in [1.82, 2.24) is 0 Å². The molecule has 24 heavy (non-hydrogen) atoms. The van der Waals surface area contributed by atoms with Crippen LogP contribution in [0.5, 0.6) is 0 Å². The number of aliphatic hydroxyl groups is 1. The average Bonchev–Trinajstić information content (AvgIpc) is 2.84. The number of hydrogen-bond acceptors (Lipinski definition) is 3. The Morgan fingerprint density at radius 3 is 2.42 bits per heavy atom. The molecule has 4 saturated carbocycles. The second-order valence-corrected chi connectivity index (χ2v) is 9.81. The van der Waals surface area contributed by atoms with Crippen molar-refractivity contribution in [2.24, 2.45) is 34.5 Å². The van der Waals surface area contributed by atoms with Crippen LogP contribution in [0, 0.1) is 34.5 Å². The first-order valence-corrected chi connectivity index (χ1v) is 10.2. The van der Waals surface area contributed by atoms with Crippen LogP contribution in [0.15, 0.2) is 0 Å². The Balaban J connectivity index is 1.57. The van der Waals surface area contributed by atoms with Crippen LogP contribution in [0.25, 0.3) is 0 Å². The van der Waals surface area contributed by atoms with Crippen molar-refractivity contribution in [3.63, 3.8) is 0 Å². The molecule has 1 N–H and O–H groups in total. The molecular formula is C21H34O3. The van der Waals surface area contributed by atoms with E-state index in [0.29, 0.717) is 5.41 Å². The molecule has 4 aliphatic carbocycles. The third-order valence-corrected chi connectivity index (χ3v) is 8.86. The van der Waals surface area contributed by atoms with Crippen molar-refractivity contribution in [1.29, 1.82) is 0 Å². The molecule has 4 fully saturated rings. The molecule has 0 heterocycles. The normalized spacial score (nSPS) is 53.7. The van der Waals surface area contributed by atoms with Crippen molar-refractivity contribution in [2.45, 2.75) is 90.8 Å². The Bertz CT molecular complexity index is 517. The zero-order chi connectivity index (χ0) is 17.1. The molecule has 0 radical (unpaired) electrons. The Morgan fingerprint density at radius 2 is 1.67 bits per heavy atom. The molecular weight excluding hydrogens is 300 g/mol. The standard InChI is InChI=1S/C21H34O3/c1-13(22)24-19-7-6-17-16-5-4-14-12-15(23)8-10-20(14,2)18(16)9-11-21(17,19)3/h14-19,23H,4-12H2,1-3H3/t14-,15-,16+,17+,18+,19+,20+,21+/m1/s1. The molecule has 0 aromatic heterocycles. The van der Waals surface area contributed by atoms with Crippen LogP contribution in [0.1, 0.15) is 78.6 Å². The molecule has 0 amide bonds. The van der Waals surface area contributed by atoms with E-state index in [4.69, 9.17) is 4.74 Å². The van der Waals surface area contributed by atoms with E-state index in [0.717, 1.165) is 42.9 Å². The van der Waals surface area contributed by atoms with Crippen molar-refractivity contribution in [3.05, 3.63) is 0 Å². The summed E-state index contributed by atoms with van der Waals surface area (Å²) in [6.07, 6.45) is 10.7. The van der Waals surface area contributed by atoms with E-state index in [1.165, 1.54) is 38.5 Å². The van der Waals surface area contributed by atoms with Crippen LogP contribution in [0.4, 0.5) is 0 Å². The quantitative estimate of drug-likeness (QED) is 0.726. The third-order valence-electron chi connectivity index (χ3n) is 8.86. The monoisotopic (exact) mass is 334 g/mol. The highest BCUT2D eigenvalue weighted by Crippen LogP contribution is 2.66. The third kappa shape index (κ3) is 2.37. The average molecular weight is 335 g/mol. The van der Waals surface area contributed by atoms with Crippen molar-refractivity contribution >= 4 is 5.97 Å². The van der Waals surface area contributed by atoms with E-state index in [2.05, 4.69) is 13.8 Å². The van der Waals surface area contributed by atoms with Crippen LogP contribution in [-0.4, -0.2) is 23.3 Å². The maximum atomic E-state index is 11.5.